The molecule has 0 fully saturated rings. The van der Waals surface area contributed by atoms with Crippen LogP contribution in [0.5, 0.6) is 0 Å². The molecule has 13 heteroatoms. The van der Waals surface area contributed by atoms with Crippen LogP contribution >= 0.6 is 0 Å². The van der Waals surface area contributed by atoms with Gasteiger partial charge in [0.1, 0.15) is 4.91 Å². The van der Waals surface area contributed by atoms with E-state index >= 15 is 0 Å². The molecule has 1 aliphatic heterocycles. The third kappa shape index (κ3) is 4.62. The summed E-state index contributed by atoms with van der Waals surface area (Å²) in [5.74, 6) is -1.54. The van der Waals surface area contributed by atoms with Crippen molar-refractivity contribution in [2.45, 2.75) is 11.3 Å². The van der Waals surface area contributed by atoms with Gasteiger partial charge in [0.15, 0.2) is 0 Å². The number of nitro groups is 2. The molecular weight excluding hydrogens is 444 g/mol. The van der Waals surface area contributed by atoms with Gasteiger partial charge in [-0.15, -0.1) is 0 Å². The first kappa shape index (κ1) is 22.6. The number of sulfone groups is 1. The second-order valence-corrected chi connectivity index (χ2v) is 8.55. The van der Waals surface area contributed by atoms with Crippen molar-refractivity contribution >= 4 is 39.1 Å². The summed E-state index contributed by atoms with van der Waals surface area (Å²) in [7, 11) is -3.89. The lowest BCUT2D eigenvalue weighted by Gasteiger charge is -2.08. The predicted molar refractivity (Wildman–Crippen MR) is 111 cm³/mol. The third-order valence-electron chi connectivity index (χ3n) is 4.52. The summed E-state index contributed by atoms with van der Waals surface area (Å²) in [4.78, 5) is 44.3. The highest BCUT2D eigenvalue weighted by Gasteiger charge is 2.33. The average Bonchev–Trinajstić information content (AvgIpc) is 3.03. The van der Waals surface area contributed by atoms with E-state index in [4.69, 9.17) is 0 Å². The Morgan fingerprint density at radius 1 is 0.875 bits per heavy atom. The van der Waals surface area contributed by atoms with Gasteiger partial charge in [0.05, 0.1) is 26.4 Å². The number of amides is 2. The molecule has 0 bridgehead atoms. The summed E-state index contributed by atoms with van der Waals surface area (Å²) < 4.78 is 24.9. The largest absolute Gasteiger partial charge is 0.352 e. The van der Waals surface area contributed by atoms with Gasteiger partial charge in [-0.2, -0.15) is 0 Å². The van der Waals surface area contributed by atoms with Gasteiger partial charge in [-0.05, 0) is 24.1 Å². The van der Waals surface area contributed by atoms with Gasteiger partial charge >= 0.3 is 0 Å². The van der Waals surface area contributed by atoms with E-state index in [0.717, 1.165) is 18.2 Å². The highest BCUT2D eigenvalue weighted by Crippen LogP contribution is 2.32. The molecule has 2 aromatic carbocycles. The van der Waals surface area contributed by atoms with Crippen LogP contribution in [-0.4, -0.2) is 43.2 Å². The van der Waals surface area contributed by atoms with Crippen LogP contribution in [0.2, 0.25) is 0 Å². The van der Waals surface area contributed by atoms with E-state index in [9.17, 15) is 38.2 Å². The monoisotopic (exact) mass is 460 g/mol. The first-order valence-electron chi connectivity index (χ1n) is 9.17. The van der Waals surface area contributed by atoms with E-state index in [2.05, 4.69) is 10.6 Å². The summed E-state index contributed by atoms with van der Waals surface area (Å²) >= 11 is 0. The molecule has 2 aromatic rings. The van der Waals surface area contributed by atoms with Crippen molar-refractivity contribution in [3.8, 4) is 0 Å². The van der Waals surface area contributed by atoms with Gasteiger partial charge in [-0.25, -0.2) is 8.42 Å². The number of nitrogens with zero attached hydrogens (tertiary/aromatic N) is 2. The fraction of sp³-hybridized carbons (Fsp3) is 0.158. The maximum absolute atomic E-state index is 12.4. The number of nitro benzene ring substituents is 2. The van der Waals surface area contributed by atoms with Crippen molar-refractivity contribution < 1.29 is 27.9 Å². The fourth-order valence-electron chi connectivity index (χ4n) is 2.99. The summed E-state index contributed by atoms with van der Waals surface area (Å²) in [6, 6.07) is 8.79. The number of hydrogen-bond acceptors (Lipinski definition) is 8. The van der Waals surface area contributed by atoms with Crippen molar-refractivity contribution in [2.75, 3.05) is 13.1 Å². The molecule has 0 radical (unpaired) electrons. The van der Waals surface area contributed by atoms with E-state index in [1.807, 2.05) is 0 Å². The van der Waals surface area contributed by atoms with Crippen LogP contribution in [0.25, 0.3) is 6.08 Å². The number of nitrogens with one attached hydrogen (secondary N) is 2. The maximum Gasteiger partial charge on any atom is 0.277 e. The van der Waals surface area contributed by atoms with E-state index in [1.165, 1.54) is 12.1 Å². The van der Waals surface area contributed by atoms with E-state index in [1.54, 1.807) is 18.2 Å². The summed E-state index contributed by atoms with van der Waals surface area (Å²) in [6.07, 6.45) is 1.51. The van der Waals surface area contributed by atoms with Crippen LogP contribution in [0.4, 0.5) is 11.4 Å². The summed E-state index contributed by atoms with van der Waals surface area (Å²) in [5.41, 5.74) is -1.02. The Bertz CT molecular complexity index is 1240. The Morgan fingerprint density at radius 2 is 1.44 bits per heavy atom. The molecule has 0 spiro atoms. The third-order valence-corrected chi connectivity index (χ3v) is 6.35. The van der Waals surface area contributed by atoms with Crippen molar-refractivity contribution in [1.82, 2.24) is 10.6 Å². The molecule has 0 saturated carbocycles. The quantitative estimate of drug-likeness (QED) is 0.338. The van der Waals surface area contributed by atoms with Crippen LogP contribution in [-0.2, 0) is 14.6 Å². The molecule has 32 heavy (non-hydrogen) atoms. The summed E-state index contributed by atoms with van der Waals surface area (Å²) in [5, 5.41) is 26.7. The molecule has 12 nitrogen and oxygen atoms in total. The lowest BCUT2D eigenvalue weighted by molar-refractivity contribution is -0.394. The van der Waals surface area contributed by atoms with E-state index in [-0.39, 0.29) is 34.9 Å². The van der Waals surface area contributed by atoms with Crippen molar-refractivity contribution in [3.63, 3.8) is 0 Å². The molecule has 3 rings (SSSR count). The normalized spacial score (nSPS) is 13.6. The zero-order chi connectivity index (χ0) is 23.5. The zero-order valence-corrected chi connectivity index (χ0v) is 17.1. The van der Waals surface area contributed by atoms with Gasteiger partial charge in [0.2, 0.25) is 9.84 Å². The molecule has 0 atom stereocenters. The molecular formula is C19H16N4O8S. The van der Waals surface area contributed by atoms with Crippen LogP contribution < -0.4 is 10.6 Å². The Kier molecular flexibility index (Phi) is 6.30. The predicted octanol–water partition coefficient (Wildman–Crippen LogP) is 1.57. The van der Waals surface area contributed by atoms with Gasteiger partial charge in [-0.1, -0.05) is 18.2 Å². The van der Waals surface area contributed by atoms with E-state index in [0.29, 0.717) is 5.56 Å². The van der Waals surface area contributed by atoms with Crippen LogP contribution in [0, 0.1) is 20.2 Å². The SMILES string of the molecule is O=C(NCCCNC(=O)c1cc([N+](=O)[O-])cc([N+](=O)[O-])c1)C1=Cc2ccccc2S1(=O)=O. The topological polar surface area (TPSA) is 179 Å². The average molecular weight is 460 g/mol. The van der Waals surface area contributed by atoms with Crippen LogP contribution in [0.15, 0.2) is 52.3 Å². The molecule has 1 aliphatic rings. The Labute approximate surface area is 181 Å². The highest BCUT2D eigenvalue weighted by atomic mass is 32.2. The lowest BCUT2D eigenvalue weighted by Crippen LogP contribution is -2.31. The molecule has 0 aromatic heterocycles. The van der Waals surface area contributed by atoms with Gasteiger partial charge < -0.3 is 10.6 Å². The van der Waals surface area contributed by atoms with Gasteiger partial charge in [0, 0.05) is 25.2 Å². The second-order valence-electron chi connectivity index (χ2n) is 6.67. The van der Waals surface area contributed by atoms with Gasteiger partial charge in [-0.3, -0.25) is 29.8 Å². The van der Waals surface area contributed by atoms with E-state index < -0.39 is 42.9 Å². The van der Waals surface area contributed by atoms with Crippen LogP contribution in [0.1, 0.15) is 22.3 Å². The minimum absolute atomic E-state index is 0.0294. The first-order valence-corrected chi connectivity index (χ1v) is 10.7. The standard InChI is InChI=1S/C19H16N4O8S/c24-18(13-8-14(22(26)27)11-15(9-13)23(28)29)20-6-3-7-21-19(25)17-10-12-4-1-2-5-16(12)32(17,30)31/h1-2,4-5,8-11H,3,6-7H2,(H,20,24)(H,21,25). The summed E-state index contributed by atoms with van der Waals surface area (Å²) in [6.45, 7) is 0.0685. The molecule has 1 heterocycles. The lowest BCUT2D eigenvalue weighted by atomic mass is 10.1. The highest BCUT2D eigenvalue weighted by molar-refractivity contribution is 7.96. The van der Waals surface area contributed by atoms with Crippen molar-refractivity contribution in [2.24, 2.45) is 0 Å². The molecule has 166 valence electrons. The Morgan fingerprint density at radius 3 is 2.00 bits per heavy atom. The number of fused-ring (bicyclic) bond motifs is 1. The molecule has 0 saturated heterocycles. The number of carbonyl (C=O) groups is 2. The maximum atomic E-state index is 12.4. The minimum atomic E-state index is -3.89. The molecule has 0 aliphatic carbocycles. The number of non-ortho nitro benzene ring substituents is 2. The molecule has 2 N–H and O–H groups in total. The number of benzene rings is 2. The number of carbonyl (C=O) groups excluding carboxylic acids is 2. The second kappa shape index (κ2) is 8.93. The molecule has 0 unspecified atom stereocenters. The zero-order valence-electron chi connectivity index (χ0n) is 16.3. The minimum Gasteiger partial charge on any atom is -0.352 e. The van der Waals surface area contributed by atoms with Crippen molar-refractivity contribution in [1.29, 1.82) is 0 Å². The smallest absolute Gasteiger partial charge is 0.277 e. The molecule has 2 amide bonds. The number of rotatable bonds is 8. The Hall–Kier alpha value is -4.13. The van der Waals surface area contributed by atoms with Crippen LogP contribution in [0.3, 0.4) is 0 Å². The van der Waals surface area contributed by atoms with Gasteiger partial charge in [0.25, 0.3) is 23.2 Å². The fourth-order valence-corrected chi connectivity index (χ4v) is 4.52. The first-order chi connectivity index (χ1) is 15.1. The van der Waals surface area contributed by atoms with Crippen molar-refractivity contribution in [3.05, 3.63) is 78.7 Å². The number of hydrogen-bond donors (Lipinski definition) is 2. The Balaban J connectivity index is 1.53.